The molecule has 206 valence electrons. The predicted molar refractivity (Wildman–Crippen MR) is 159 cm³/mol. The molecule has 0 aliphatic rings. The van der Waals surface area contributed by atoms with Gasteiger partial charge in [-0.3, -0.25) is 0 Å². The van der Waals surface area contributed by atoms with Gasteiger partial charge in [-0.15, -0.1) is 0 Å². The van der Waals surface area contributed by atoms with Crippen LogP contribution in [-0.2, 0) is 22.7 Å². The molecule has 0 fully saturated rings. The minimum atomic E-state index is -0.518. The maximum Gasteiger partial charge on any atom is 0.344 e. The summed E-state index contributed by atoms with van der Waals surface area (Å²) in [6, 6.07) is 29.9. The van der Waals surface area contributed by atoms with E-state index in [-0.39, 0.29) is 24.9 Å². The number of rotatable bonds is 10. The summed E-state index contributed by atoms with van der Waals surface area (Å²) in [4.78, 5) is 17.4. The Balaban J connectivity index is 1.51. The lowest BCUT2D eigenvalue weighted by atomic mass is 9.93. The molecule has 0 bridgehead atoms. The molecule has 41 heavy (non-hydrogen) atoms. The largest absolute Gasteiger partial charge is 0.489 e. The van der Waals surface area contributed by atoms with E-state index in [0.29, 0.717) is 34.6 Å². The molecule has 1 aromatic heterocycles. The van der Waals surface area contributed by atoms with Crippen LogP contribution in [0.1, 0.15) is 29.3 Å². The average molecular weight is 548 g/mol. The fourth-order valence-corrected chi connectivity index (χ4v) is 4.51. The van der Waals surface area contributed by atoms with Gasteiger partial charge >= 0.3 is 5.97 Å². The van der Waals surface area contributed by atoms with E-state index in [9.17, 15) is 9.18 Å². The maximum atomic E-state index is 14.2. The van der Waals surface area contributed by atoms with Crippen molar-refractivity contribution in [1.29, 1.82) is 0 Å². The van der Waals surface area contributed by atoms with Gasteiger partial charge in [0.2, 0.25) is 5.88 Å². The fraction of sp³-hybridized carbons (Fsp3) is 0.143. The number of carbonyl (C=O) groups excluding carboxylic acids is 1. The Kier molecular flexibility index (Phi) is 8.39. The van der Waals surface area contributed by atoms with Gasteiger partial charge in [-0.2, -0.15) is 0 Å². The molecule has 5 aromatic rings. The number of aromatic nitrogens is 1. The second kappa shape index (κ2) is 12.5. The lowest BCUT2D eigenvalue weighted by molar-refractivity contribution is -0.147. The van der Waals surface area contributed by atoms with Crippen molar-refractivity contribution in [3.8, 4) is 22.8 Å². The Morgan fingerprint density at radius 1 is 0.829 bits per heavy atom. The molecule has 5 rings (SSSR count). The van der Waals surface area contributed by atoms with Crippen LogP contribution in [0, 0.1) is 12.7 Å². The van der Waals surface area contributed by atoms with Crippen molar-refractivity contribution in [3.05, 3.63) is 132 Å². The predicted octanol–water partition coefficient (Wildman–Crippen LogP) is 8.08. The van der Waals surface area contributed by atoms with Crippen LogP contribution < -0.4 is 9.47 Å². The van der Waals surface area contributed by atoms with Crippen LogP contribution in [0.2, 0.25) is 0 Å². The zero-order chi connectivity index (χ0) is 28.8. The van der Waals surface area contributed by atoms with Crippen molar-refractivity contribution in [2.75, 3.05) is 6.61 Å². The normalized spacial score (nSPS) is 10.8. The van der Waals surface area contributed by atoms with Crippen LogP contribution in [0.25, 0.3) is 27.5 Å². The topological polar surface area (TPSA) is 57.7 Å². The minimum absolute atomic E-state index is 0.147. The van der Waals surface area contributed by atoms with Crippen molar-refractivity contribution >= 4 is 22.3 Å². The van der Waals surface area contributed by atoms with Crippen molar-refractivity contribution in [2.24, 2.45) is 0 Å². The Morgan fingerprint density at radius 3 is 2.17 bits per heavy atom. The summed E-state index contributed by atoms with van der Waals surface area (Å²) in [5.74, 6) is 0.0650. The number of nitrogens with zero attached hydrogens (tertiary/aromatic N) is 1. The highest BCUT2D eigenvalue weighted by Crippen LogP contribution is 2.40. The third kappa shape index (κ3) is 6.61. The van der Waals surface area contributed by atoms with E-state index >= 15 is 0 Å². The number of esters is 1. The summed E-state index contributed by atoms with van der Waals surface area (Å²) in [6.45, 7) is 7.91. The molecule has 1 heterocycles. The van der Waals surface area contributed by atoms with E-state index in [1.807, 2.05) is 85.8 Å². The molecule has 0 N–H and O–H groups in total. The molecule has 0 aliphatic carbocycles. The number of hydrogen-bond acceptors (Lipinski definition) is 5. The lowest BCUT2D eigenvalue weighted by Gasteiger charge is -2.18. The number of aryl methyl sites for hydroxylation is 1. The summed E-state index contributed by atoms with van der Waals surface area (Å²) < 4.78 is 31.6. The quantitative estimate of drug-likeness (QED) is 0.165. The van der Waals surface area contributed by atoms with Crippen LogP contribution in [0.3, 0.4) is 0 Å². The second-order valence-electron chi connectivity index (χ2n) is 9.80. The number of benzene rings is 4. The highest BCUT2D eigenvalue weighted by Gasteiger charge is 2.20. The van der Waals surface area contributed by atoms with Gasteiger partial charge in [0.1, 0.15) is 24.8 Å². The third-order valence-corrected chi connectivity index (χ3v) is 6.61. The Labute approximate surface area is 238 Å². The van der Waals surface area contributed by atoms with Crippen LogP contribution in [0.15, 0.2) is 104 Å². The Morgan fingerprint density at radius 2 is 1.51 bits per heavy atom. The van der Waals surface area contributed by atoms with E-state index in [2.05, 4.69) is 6.58 Å². The lowest BCUT2D eigenvalue weighted by Crippen LogP contribution is -2.16. The van der Waals surface area contributed by atoms with Crippen molar-refractivity contribution < 1.29 is 23.4 Å². The van der Waals surface area contributed by atoms with Crippen LogP contribution in [0.5, 0.6) is 11.6 Å². The smallest absolute Gasteiger partial charge is 0.344 e. The van der Waals surface area contributed by atoms with Gasteiger partial charge in [-0.25, -0.2) is 14.2 Å². The van der Waals surface area contributed by atoms with Gasteiger partial charge in [0.05, 0.1) is 5.69 Å². The summed E-state index contributed by atoms with van der Waals surface area (Å²) in [6.07, 6.45) is 0. The molecule has 4 aromatic carbocycles. The van der Waals surface area contributed by atoms with E-state index in [4.69, 9.17) is 19.2 Å². The summed E-state index contributed by atoms with van der Waals surface area (Å²) in [7, 11) is 0. The first-order valence-electron chi connectivity index (χ1n) is 13.3. The minimum Gasteiger partial charge on any atom is -0.489 e. The zero-order valence-electron chi connectivity index (χ0n) is 23.0. The summed E-state index contributed by atoms with van der Waals surface area (Å²) in [5.41, 5.74) is 5.32. The number of fused-ring (bicyclic) bond motifs is 1. The third-order valence-electron chi connectivity index (χ3n) is 6.61. The van der Waals surface area contributed by atoms with Gasteiger partial charge in [-0.05, 0) is 77.4 Å². The summed E-state index contributed by atoms with van der Waals surface area (Å²) >= 11 is 0. The van der Waals surface area contributed by atoms with Gasteiger partial charge in [0.15, 0.2) is 6.61 Å². The average Bonchev–Trinajstić information content (AvgIpc) is 2.99. The van der Waals surface area contributed by atoms with E-state index in [1.165, 1.54) is 6.07 Å². The SMILES string of the molecule is C=C(C)c1nc(OCC(=O)OCc2ccccc2)c2cc(OCc3ccccc3)ccc2c1-c1ccc(F)c(C)c1. The Hall–Kier alpha value is -4.97. The van der Waals surface area contributed by atoms with Gasteiger partial charge in [-0.1, -0.05) is 73.3 Å². The highest BCUT2D eigenvalue weighted by molar-refractivity contribution is 6.03. The first kappa shape index (κ1) is 27.6. The van der Waals surface area contributed by atoms with E-state index < -0.39 is 5.97 Å². The van der Waals surface area contributed by atoms with Gasteiger partial charge < -0.3 is 14.2 Å². The molecule has 0 radical (unpaired) electrons. The van der Waals surface area contributed by atoms with Gasteiger partial charge in [0.25, 0.3) is 0 Å². The molecule has 0 spiro atoms. The maximum absolute atomic E-state index is 14.2. The first-order valence-corrected chi connectivity index (χ1v) is 13.3. The van der Waals surface area contributed by atoms with Crippen LogP contribution >= 0.6 is 0 Å². The monoisotopic (exact) mass is 547 g/mol. The zero-order valence-corrected chi connectivity index (χ0v) is 23.0. The number of ether oxygens (including phenoxy) is 3. The van der Waals surface area contributed by atoms with E-state index in [1.54, 1.807) is 19.1 Å². The van der Waals surface area contributed by atoms with Crippen molar-refractivity contribution in [2.45, 2.75) is 27.1 Å². The molecule has 5 nitrogen and oxygen atoms in total. The summed E-state index contributed by atoms with van der Waals surface area (Å²) in [5, 5.41) is 1.46. The molecule has 0 amide bonds. The molecule has 0 saturated carbocycles. The molecular formula is C35H30FNO4. The van der Waals surface area contributed by atoms with Crippen LogP contribution in [-0.4, -0.2) is 17.6 Å². The number of hydrogen-bond donors (Lipinski definition) is 0. The Bertz CT molecular complexity index is 1700. The van der Waals surface area contributed by atoms with E-state index in [0.717, 1.165) is 27.6 Å². The molecule has 0 saturated heterocycles. The highest BCUT2D eigenvalue weighted by atomic mass is 19.1. The standard InChI is InChI=1S/C35H30FNO4/c1-23(2)34-33(27-14-17-31(36)24(3)18-27)29-16-15-28(39-20-25-10-6-4-7-11-25)19-30(29)35(37-34)41-22-32(38)40-21-26-12-8-5-9-13-26/h4-19H,1,20-22H2,2-3H3. The molecular weight excluding hydrogens is 517 g/mol. The number of pyridine rings is 1. The second-order valence-corrected chi connectivity index (χ2v) is 9.80. The van der Waals surface area contributed by atoms with Crippen molar-refractivity contribution in [3.63, 3.8) is 0 Å². The van der Waals surface area contributed by atoms with Crippen molar-refractivity contribution in [1.82, 2.24) is 4.98 Å². The molecule has 6 heteroatoms. The molecule has 0 aliphatic heterocycles. The fourth-order valence-electron chi connectivity index (χ4n) is 4.51. The molecule has 0 atom stereocenters. The van der Waals surface area contributed by atoms with Crippen LogP contribution in [0.4, 0.5) is 4.39 Å². The number of carbonyl (C=O) groups is 1. The molecule has 0 unspecified atom stereocenters. The number of allylic oxidation sites excluding steroid dienone is 1. The first-order chi connectivity index (χ1) is 19.9. The number of halogens is 1. The van der Waals surface area contributed by atoms with Gasteiger partial charge in [0, 0.05) is 10.9 Å².